The minimum atomic E-state index is -0.573. The van der Waals surface area contributed by atoms with E-state index in [1.807, 2.05) is 13.8 Å². The SMILES string of the molecule is Cc1cc(C)n(-c2ncnc(Oc3cc(C)c(Cl)c(C)c3)c2[N+](=O)[O-])n1. The molecule has 0 unspecified atom stereocenters. The summed E-state index contributed by atoms with van der Waals surface area (Å²) in [5.74, 6) is 0.298. The van der Waals surface area contributed by atoms with E-state index in [1.165, 1.54) is 11.0 Å². The van der Waals surface area contributed by atoms with Gasteiger partial charge in [0.05, 0.1) is 10.6 Å². The van der Waals surface area contributed by atoms with Gasteiger partial charge in [0.15, 0.2) is 0 Å². The van der Waals surface area contributed by atoms with Gasteiger partial charge in [-0.25, -0.2) is 9.67 Å². The molecule has 0 aliphatic heterocycles. The maximum absolute atomic E-state index is 11.7. The van der Waals surface area contributed by atoms with Crippen LogP contribution in [0.5, 0.6) is 11.6 Å². The highest BCUT2D eigenvalue weighted by molar-refractivity contribution is 6.32. The summed E-state index contributed by atoms with van der Waals surface area (Å²) in [5, 5.41) is 16.6. The van der Waals surface area contributed by atoms with Crippen molar-refractivity contribution in [3.8, 4) is 17.4 Å². The fourth-order valence-electron chi connectivity index (χ4n) is 2.66. The monoisotopic (exact) mass is 373 g/mol. The molecule has 134 valence electrons. The molecule has 0 fully saturated rings. The van der Waals surface area contributed by atoms with Gasteiger partial charge < -0.3 is 4.74 Å². The number of nitro groups is 1. The summed E-state index contributed by atoms with van der Waals surface area (Å²) < 4.78 is 7.11. The quantitative estimate of drug-likeness (QED) is 0.501. The molecule has 0 saturated heterocycles. The molecule has 1 aromatic carbocycles. The molecule has 0 bridgehead atoms. The number of aromatic nitrogens is 4. The van der Waals surface area contributed by atoms with Crippen LogP contribution in [0.25, 0.3) is 5.82 Å². The fourth-order valence-corrected chi connectivity index (χ4v) is 2.77. The van der Waals surface area contributed by atoms with Crippen LogP contribution in [0.4, 0.5) is 5.69 Å². The Labute approximate surface area is 154 Å². The van der Waals surface area contributed by atoms with Crippen molar-refractivity contribution in [2.24, 2.45) is 0 Å². The molecule has 0 N–H and O–H groups in total. The van der Waals surface area contributed by atoms with Crippen LogP contribution in [-0.2, 0) is 0 Å². The van der Waals surface area contributed by atoms with Crippen molar-refractivity contribution in [1.29, 1.82) is 0 Å². The molecule has 0 amide bonds. The smallest absolute Gasteiger partial charge is 0.375 e. The largest absolute Gasteiger partial charge is 0.434 e. The molecule has 9 heteroatoms. The van der Waals surface area contributed by atoms with E-state index in [-0.39, 0.29) is 17.4 Å². The highest BCUT2D eigenvalue weighted by Crippen LogP contribution is 2.35. The zero-order chi connectivity index (χ0) is 19.0. The Bertz CT molecular complexity index is 993. The third-order valence-electron chi connectivity index (χ3n) is 3.79. The van der Waals surface area contributed by atoms with Crippen molar-refractivity contribution in [2.45, 2.75) is 27.7 Å². The summed E-state index contributed by atoms with van der Waals surface area (Å²) >= 11 is 6.16. The number of hydrogen-bond acceptors (Lipinski definition) is 6. The van der Waals surface area contributed by atoms with Crippen molar-refractivity contribution < 1.29 is 9.66 Å². The van der Waals surface area contributed by atoms with Gasteiger partial charge in [0, 0.05) is 10.7 Å². The minimum Gasteiger partial charge on any atom is -0.434 e. The topological polar surface area (TPSA) is 96.0 Å². The molecule has 0 radical (unpaired) electrons. The number of aryl methyl sites for hydroxylation is 4. The first-order valence-corrected chi connectivity index (χ1v) is 8.13. The Balaban J connectivity index is 2.13. The summed E-state index contributed by atoms with van der Waals surface area (Å²) in [6, 6.07) is 5.20. The van der Waals surface area contributed by atoms with Gasteiger partial charge in [0.1, 0.15) is 12.1 Å². The molecular formula is C17H16ClN5O3. The van der Waals surface area contributed by atoms with Crippen LogP contribution in [0.2, 0.25) is 5.02 Å². The summed E-state index contributed by atoms with van der Waals surface area (Å²) in [5.41, 5.74) is 2.69. The molecule has 8 nitrogen and oxygen atoms in total. The lowest BCUT2D eigenvalue weighted by molar-refractivity contribution is -0.386. The Morgan fingerprint density at radius 1 is 1.12 bits per heavy atom. The first-order valence-electron chi connectivity index (χ1n) is 7.75. The van der Waals surface area contributed by atoms with Crippen LogP contribution < -0.4 is 4.74 Å². The third kappa shape index (κ3) is 3.23. The van der Waals surface area contributed by atoms with E-state index in [9.17, 15) is 10.1 Å². The number of rotatable bonds is 4. The van der Waals surface area contributed by atoms with Gasteiger partial charge in [-0.2, -0.15) is 10.1 Å². The molecule has 0 atom stereocenters. The van der Waals surface area contributed by atoms with E-state index in [0.717, 1.165) is 16.8 Å². The summed E-state index contributed by atoms with van der Waals surface area (Å²) in [4.78, 5) is 19.1. The zero-order valence-electron chi connectivity index (χ0n) is 14.6. The lowest BCUT2D eigenvalue weighted by atomic mass is 10.1. The highest BCUT2D eigenvalue weighted by Gasteiger charge is 2.28. The van der Waals surface area contributed by atoms with Crippen LogP contribution in [0.1, 0.15) is 22.5 Å². The normalized spacial score (nSPS) is 10.8. The number of benzene rings is 1. The van der Waals surface area contributed by atoms with Crippen LogP contribution in [0.15, 0.2) is 24.5 Å². The summed E-state index contributed by atoms with van der Waals surface area (Å²) in [6.45, 7) is 7.25. The van der Waals surface area contributed by atoms with E-state index in [1.54, 1.807) is 32.0 Å². The first kappa shape index (κ1) is 17.8. The second-order valence-electron chi connectivity index (χ2n) is 5.92. The van der Waals surface area contributed by atoms with Crippen LogP contribution >= 0.6 is 11.6 Å². The number of halogens is 1. The fraction of sp³-hybridized carbons (Fsp3) is 0.235. The van der Waals surface area contributed by atoms with Gasteiger partial charge >= 0.3 is 11.6 Å². The van der Waals surface area contributed by atoms with Crippen LogP contribution in [-0.4, -0.2) is 24.7 Å². The highest BCUT2D eigenvalue weighted by atomic mass is 35.5. The second-order valence-corrected chi connectivity index (χ2v) is 6.30. The molecule has 2 aromatic heterocycles. The lowest BCUT2D eigenvalue weighted by Crippen LogP contribution is -2.08. The van der Waals surface area contributed by atoms with E-state index in [0.29, 0.717) is 16.5 Å². The molecule has 0 aliphatic rings. The van der Waals surface area contributed by atoms with E-state index < -0.39 is 4.92 Å². The molecule has 3 aromatic rings. The van der Waals surface area contributed by atoms with Gasteiger partial charge in [0.25, 0.3) is 0 Å². The molecule has 3 rings (SSSR count). The predicted molar refractivity (Wildman–Crippen MR) is 96.3 cm³/mol. The number of ether oxygens (including phenoxy) is 1. The maximum Gasteiger partial charge on any atom is 0.375 e. The number of hydrogen-bond donors (Lipinski definition) is 0. The van der Waals surface area contributed by atoms with Gasteiger partial charge in [-0.15, -0.1) is 0 Å². The standard InChI is InChI=1S/C17H16ClN5O3/c1-9-5-13(6-10(2)14(9)18)26-17-15(23(24)25)16(19-8-20-17)22-12(4)7-11(3)21-22/h5-8H,1-4H3. The predicted octanol–water partition coefficient (Wildman–Crippen LogP) is 4.25. The average molecular weight is 374 g/mol. The van der Waals surface area contributed by atoms with Crippen molar-refractivity contribution in [2.75, 3.05) is 0 Å². The third-order valence-corrected chi connectivity index (χ3v) is 4.38. The molecule has 0 aliphatic carbocycles. The summed E-state index contributed by atoms with van der Waals surface area (Å²) in [6.07, 6.45) is 1.21. The molecular weight excluding hydrogens is 358 g/mol. The van der Waals surface area contributed by atoms with E-state index in [2.05, 4.69) is 15.1 Å². The second kappa shape index (κ2) is 6.72. The average Bonchev–Trinajstić information content (AvgIpc) is 2.90. The van der Waals surface area contributed by atoms with Gasteiger partial charge in [0.2, 0.25) is 5.82 Å². The van der Waals surface area contributed by atoms with Crippen LogP contribution in [0, 0.1) is 37.8 Å². The lowest BCUT2D eigenvalue weighted by Gasteiger charge is -2.10. The maximum atomic E-state index is 11.7. The van der Waals surface area contributed by atoms with Gasteiger partial charge in [-0.3, -0.25) is 10.1 Å². The zero-order valence-corrected chi connectivity index (χ0v) is 15.4. The Morgan fingerprint density at radius 2 is 1.77 bits per heavy atom. The molecule has 0 spiro atoms. The Hall–Kier alpha value is -3.00. The number of nitrogens with zero attached hydrogens (tertiary/aromatic N) is 5. The minimum absolute atomic E-state index is 0.0491. The Kier molecular flexibility index (Phi) is 4.60. The van der Waals surface area contributed by atoms with Gasteiger partial charge in [-0.05, 0) is 57.0 Å². The van der Waals surface area contributed by atoms with Crippen LogP contribution in [0.3, 0.4) is 0 Å². The van der Waals surface area contributed by atoms with Crippen molar-refractivity contribution in [3.63, 3.8) is 0 Å². The molecule has 2 heterocycles. The first-order chi connectivity index (χ1) is 12.3. The van der Waals surface area contributed by atoms with Gasteiger partial charge in [-0.1, -0.05) is 11.6 Å². The van der Waals surface area contributed by atoms with E-state index in [4.69, 9.17) is 16.3 Å². The Morgan fingerprint density at radius 3 is 2.31 bits per heavy atom. The van der Waals surface area contributed by atoms with Crippen molar-refractivity contribution in [1.82, 2.24) is 19.7 Å². The summed E-state index contributed by atoms with van der Waals surface area (Å²) in [7, 11) is 0. The van der Waals surface area contributed by atoms with Crippen molar-refractivity contribution >= 4 is 17.3 Å². The van der Waals surface area contributed by atoms with Crippen molar-refractivity contribution in [3.05, 3.63) is 62.2 Å². The molecule has 26 heavy (non-hydrogen) atoms. The van der Waals surface area contributed by atoms with E-state index >= 15 is 0 Å². The molecule has 0 saturated carbocycles.